The van der Waals surface area contributed by atoms with Crippen molar-refractivity contribution in [2.75, 3.05) is 6.54 Å². The molecular formula is C30H49N3O3S. The zero-order chi connectivity index (χ0) is 27.4. The highest BCUT2D eigenvalue weighted by molar-refractivity contribution is 7.13. The van der Waals surface area contributed by atoms with Gasteiger partial charge in [0.05, 0.1) is 28.2 Å². The molecule has 3 rings (SSSR count). The minimum Gasteiger partial charge on any atom is -0.391 e. The Hall–Kier alpha value is -2.25. The lowest BCUT2D eigenvalue weighted by Gasteiger charge is -2.33. The van der Waals surface area contributed by atoms with Crippen LogP contribution < -0.4 is 5.32 Å². The molecule has 1 aliphatic rings. The lowest BCUT2D eigenvalue weighted by molar-refractivity contribution is -0.144. The fourth-order valence-electron chi connectivity index (χ4n) is 3.82. The number of carbonyl (C=O) groups excluding carboxylic acids is 2. The highest BCUT2D eigenvalue weighted by Gasteiger charge is 2.42. The molecule has 1 aromatic carbocycles. The number of β-amino-alcohol motifs (C(OH)–C–C–N with tert-alkyl or cyclic N) is 1. The number of hydrogen-bond acceptors (Lipinski definition) is 5. The first kappa shape index (κ1) is 32.8. The van der Waals surface area contributed by atoms with Gasteiger partial charge in [0.15, 0.2) is 0 Å². The predicted molar refractivity (Wildman–Crippen MR) is 155 cm³/mol. The molecule has 37 heavy (non-hydrogen) atoms. The molecule has 7 heteroatoms. The second-order valence-electron chi connectivity index (χ2n) is 12.6. The molecule has 1 aliphatic heterocycles. The van der Waals surface area contributed by atoms with E-state index in [1.807, 2.05) is 71.3 Å². The maximum Gasteiger partial charge on any atom is 0.243 e. The van der Waals surface area contributed by atoms with E-state index in [1.54, 1.807) is 16.2 Å². The Balaban J connectivity index is 0.00000104. The Labute approximate surface area is 228 Å². The van der Waals surface area contributed by atoms with Crippen molar-refractivity contribution in [2.24, 2.45) is 16.7 Å². The van der Waals surface area contributed by atoms with E-state index in [0.29, 0.717) is 5.41 Å². The summed E-state index contributed by atoms with van der Waals surface area (Å²) in [4.78, 5) is 33.0. The molecule has 1 fully saturated rings. The van der Waals surface area contributed by atoms with Crippen molar-refractivity contribution in [3.8, 4) is 10.4 Å². The zero-order valence-electron chi connectivity index (χ0n) is 23.7. The quantitative estimate of drug-likeness (QED) is 0.454. The van der Waals surface area contributed by atoms with E-state index in [2.05, 4.69) is 38.0 Å². The summed E-state index contributed by atoms with van der Waals surface area (Å²) in [6.45, 7) is 20.8. The van der Waals surface area contributed by atoms with Crippen molar-refractivity contribution in [2.45, 2.75) is 101 Å². The van der Waals surface area contributed by atoms with Crippen LogP contribution in [0.4, 0.5) is 0 Å². The van der Waals surface area contributed by atoms with Crippen molar-refractivity contribution < 1.29 is 14.7 Å². The number of likely N-dealkylation sites (tertiary alicyclic amines) is 1. The topological polar surface area (TPSA) is 82.5 Å². The molecule has 0 bridgehead atoms. The highest BCUT2D eigenvalue weighted by Crippen LogP contribution is 2.31. The van der Waals surface area contributed by atoms with Crippen molar-refractivity contribution in [1.82, 2.24) is 15.2 Å². The number of benzene rings is 1. The van der Waals surface area contributed by atoms with E-state index in [1.165, 1.54) is 0 Å². The van der Waals surface area contributed by atoms with Crippen LogP contribution >= 0.6 is 11.3 Å². The average Bonchev–Trinajstić information content (AvgIpc) is 3.36. The van der Waals surface area contributed by atoms with E-state index in [9.17, 15) is 14.7 Å². The molecule has 6 nitrogen and oxygen atoms in total. The number of aliphatic hydroxyl groups excluding tert-OH is 1. The smallest absolute Gasteiger partial charge is 0.243 e. The van der Waals surface area contributed by atoms with Gasteiger partial charge in [-0.2, -0.15) is 0 Å². The van der Waals surface area contributed by atoms with Gasteiger partial charge < -0.3 is 15.3 Å². The summed E-state index contributed by atoms with van der Waals surface area (Å²) in [7, 11) is 0. The molecule has 0 saturated carbocycles. The largest absolute Gasteiger partial charge is 0.391 e. The summed E-state index contributed by atoms with van der Waals surface area (Å²) >= 11 is 1.61. The molecule has 4 atom stereocenters. The molecule has 2 heterocycles. The second kappa shape index (κ2) is 13.0. The molecule has 0 radical (unpaired) electrons. The summed E-state index contributed by atoms with van der Waals surface area (Å²) < 4.78 is 0. The Morgan fingerprint density at radius 3 is 2.08 bits per heavy atom. The summed E-state index contributed by atoms with van der Waals surface area (Å²) in [5.41, 5.74) is 5.23. The second-order valence-corrected chi connectivity index (χ2v) is 13.5. The van der Waals surface area contributed by atoms with E-state index in [4.69, 9.17) is 0 Å². The standard InChI is InChI=1S/C24H33N3O3S.C5H12.CH4/c1-14(24(4,5)6)23(30)27-12-19(28)11-20(27)22(29)26-15(2)17-7-9-18(10-8-17)21-16(3)25-13-31-21;1-5(2,3)4;/h7-10,13-15,19-20,28H,11-12H2,1-6H3,(H,26,29);1-4H3;1H4/t14-,15+,19-,20?;;/m1../s1. The third-order valence-corrected chi connectivity index (χ3v) is 7.29. The Kier molecular flexibility index (Phi) is 11.5. The number of thiazole rings is 1. The summed E-state index contributed by atoms with van der Waals surface area (Å²) in [6.07, 6.45) is -0.408. The van der Waals surface area contributed by atoms with Crippen LogP contribution in [0.25, 0.3) is 10.4 Å². The molecule has 2 N–H and O–H groups in total. The minimum atomic E-state index is -0.677. The summed E-state index contributed by atoms with van der Waals surface area (Å²) in [6, 6.07) is 7.24. The van der Waals surface area contributed by atoms with E-state index in [-0.39, 0.29) is 49.6 Å². The molecule has 1 unspecified atom stereocenters. The van der Waals surface area contributed by atoms with Gasteiger partial charge in [0, 0.05) is 18.9 Å². The zero-order valence-corrected chi connectivity index (χ0v) is 24.5. The Morgan fingerprint density at radius 1 is 1.08 bits per heavy atom. The van der Waals surface area contributed by atoms with Gasteiger partial charge in [-0.1, -0.05) is 87.1 Å². The first-order valence-electron chi connectivity index (χ1n) is 12.8. The maximum absolute atomic E-state index is 13.0. The molecule has 1 saturated heterocycles. The van der Waals surface area contributed by atoms with Crippen LogP contribution in [0.15, 0.2) is 29.8 Å². The summed E-state index contributed by atoms with van der Waals surface area (Å²) in [5, 5.41) is 13.2. The Morgan fingerprint density at radius 2 is 1.62 bits per heavy atom. The molecular weight excluding hydrogens is 482 g/mol. The van der Waals surface area contributed by atoms with Crippen molar-refractivity contribution in [3.05, 3.63) is 41.0 Å². The van der Waals surface area contributed by atoms with Gasteiger partial charge in [-0.15, -0.1) is 11.3 Å². The van der Waals surface area contributed by atoms with Gasteiger partial charge in [0.2, 0.25) is 11.8 Å². The van der Waals surface area contributed by atoms with Crippen LogP contribution in [-0.2, 0) is 9.59 Å². The molecule has 2 amide bonds. The number of nitrogens with zero attached hydrogens (tertiary/aromatic N) is 2. The molecule has 1 aromatic heterocycles. The van der Waals surface area contributed by atoms with Gasteiger partial charge in [0.25, 0.3) is 0 Å². The van der Waals surface area contributed by atoms with E-state index < -0.39 is 12.1 Å². The Bertz CT molecular complexity index is 1010. The summed E-state index contributed by atoms with van der Waals surface area (Å²) in [5.74, 6) is -0.546. The van der Waals surface area contributed by atoms with Gasteiger partial charge in [-0.3, -0.25) is 9.59 Å². The van der Waals surface area contributed by atoms with Crippen LogP contribution in [-0.4, -0.2) is 45.5 Å². The van der Waals surface area contributed by atoms with Crippen molar-refractivity contribution in [3.63, 3.8) is 0 Å². The van der Waals surface area contributed by atoms with Crippen LogP contribution in [0.5, 0.6) is 0 Å². The number of aromatic nitrogens is 1. The number of aryl methyl sites for hydroxylation is 1. The minimum absolute atomic E-state index is 0. The predicted octanol–water partition coefficient (Wildman–Crippen LogP) is 6.63. The molecule has 0 spiro atoms. The first-order chi connectivity index (χ1) is 16.5. The number of aliphatic hydroxyl groups is 1. The average molecular weight is 532 g/mol. The molecule has 2 aromatic rings. The van der Waals surface area contributed by atoms with Gasteiger partial charge in [-0.05, 0) is 35.8 Å². The maximum atomic E-state index is 13.0. The van der Waals surface area contributed by atoms with Crippen LogP contribution in [0.1, 0.15) is 93.5 Å². The number of hydrogen-bond donors (Lipinski definition) is 2. The van der Waals surface area contributed by atoms with Gasteiger partial charge in [-0.25, -0.2) is 4.98 Å². The van der Waals surface area contributed by atoms with E-state index in [0.717, 1.165) is 21.7 Å². The molecule has 208 valence electrons. The SMILES string of the molecule is C.CC(C)(C)C.Cc1ncsc1-c1ccc([C@H](C)NC(=O)C2C[C@@H](O)CN2C(=O)[C@@H](C)C(C)(C)C)cc1. The lowest BCUT2D eigenvalue weighted by Crippen LogP contribution is -2.49. The fraction of sp³-hybridized carbons (Fsp3) is 0.633. The number of nitrogens with one attached hydrogen (secondary N) is 1. The fourth-order valence-corrected chi connectivity index (χ4v) is 4.63. The van der Waals surface area contributed by atoms with Gasteiger partial charge >= 0.3 is 0 Å². The van der Waals surface area contributed by atoms with Crippen LogP contribution in [0, 0.1) is 23.7 Å². The third-order valence-electron chi connectivity index (χ3n) is 6.31. The van der Waals surface area contributed by atoms with Crippen LogP contribution in [0.2, 0.25) is 0 Å². The third kappa shape index (κ3) is 9.53. The monoisotopic (exact) mass is 531 g/mol. The van der Waals surface area contributed by atoms with Crippen molar-refractivity contribution >= 4 is 23.2 Å². The van der Waals surface area contributed by atoms with E-state index >= 15 is 0 Å². The number of amides is 2. The van der Waals surface area contributed by atoms with Crippen LogP contribution in [0.3, 0.4) is 0 Å². The number of carbonyl (C=O) groups is 2. The van der Waals surface area contributed by atoms with Gasteiger partial charge in [0.1, 0.15) is 6.04 Å². The lowest BCUT2D eigenvalue weighted by atomic mass is 9.81. The normalized spacial score (nSPS) is 19.3. The molecule has 0 aliphatic carbocycles. The number of rotatable bonds is 5. The van der Waals surface area contributed by atoms with Crippen molar-refractivity contribution in [1.29, 1.82) is 0 Å². The first-order valence-corrected chi connectivity index (χ1v) is 13.7. The highest BCUT2D eigenvalue weighted by atomic mass is 32.1.